The standard InChI is InChI=1S/C17H21BrN2O2S/c1-21-16-6-4-3-5-13(16)15-10-19-7-8-20(15)11-12-9-14(18)17(22-2)23-12/h3-6,9,15,19H,7-8,10-11H2,1-2H3. The molecule has 1 aliphatic heterocycles. The Bertz CT molecular complexity index is 662. The van der Waals surface area contributed by atoms with Gasteiger partial charge in [-0.2, -0.15) is 0 Å². The Morgan fingerprint density at radius 2 is 2.13 bits per heavy atom. The second-order valence-electron chi connectivity index (χ2n) is 5.48. The molecule has 0 aliphatic carbocycles. The molecule has 1 N–H and O–H groups in total. The maximum atomic E-state index is 5.56. The van der Waals surface area contributed by atoms with Gasteiger partial charge in [0, 0.05) is 36.6 Å². The van der Waals surface area contributed by atoms with Crippen LogP contribution in [0.2, 0.25) is 0 Å². The van der Waals surface area contributed by atoms with E-state index in [1.807, 2.05) is 12.1 Å². The van der Waals surface area contributed by atoms with Gasteiger partial charge in [-0.1, -0.05) is 18.2 Å². The molecule has 1 aromatic heterocycles. The van der Waals surface area contributed by atoms with Gasteiger partial charge in [-0.3, -0.25) is 4.90 Å². The highest BCUT2D eigenvalue weighted by molar-refractivity contribution is 9.10. The first-order valence-electron chi connectivity index (χ1n) is 7.62. The van der Waals surface area contributed by atoms with Crippen molar-refractivity contribution in [3.63, 3.8) is 0 Å². The number of ether oxygens (including phenoxy) is 2. The minimum atomic E-state index is 0.312. The van der Waals surface area contributed by atoms with Gasteiger partial charge in [0.1, 0.15) is 5.75 Å². The molecular weight excluding hydrogens is 376 g/mol. The predicted molar refractivity (Wildman–Crippen MR) is 97.6 cm³/mol. The van der Waals surface area contributed by atoms with Crippen LogP contribution in [0.3, 0.4) is 0 Å². The molecule has 1 atom stereocenters. The van der Waals surface area contributed by atoms with Crippen molar-refractivity contribution >= 4 is 27.3 Å². The van der Waals surface area contributed by atoms with Crippen molar-refractivity contribution in [1.82, 2.24) is 10.2 Å². The SMILES string of the molecule is COc1ccccc1C1CNCCN1Cc1cc(Br)c(OC)s1. The molecule has 0 spiro atoms. The van der Waals surface area contributed by atoms with Crippen LogP contribution >= 0.6 is 27.3 Å². The molecular formula is C17H21BrN2O2S. The van der Waals surface area contributed by atoms with Crippen LogP contribution in [0.5, 0.6) is 10.8 Å². The number of hydrogen-bond donors (Lipinski definition) is 1. The van der Waals surface area contributed by atoms with Gasteiger partial charge in [0.05, 0.1) is 24.7 Å². The molecule has 23 heavy (non-hydrogen) atoms. The molecule has 0 radical (unpaired) electrons. The van der Waals surface area contributed by atoms with Gasteiger partial charge in [0.15, 0.2) is 5.06 Å². The molecule has 0 bridgehead atoms. The number of halogens is 1. The number of rotatable bonds is 5. The van der Waals surface area contributed by atoms with Crippen LogP contribution in [0.1, 0.15) is 16.5 Å². The molecule has 1 saturated heterocycles. The fraction of sp³-hybridized carbons (Fsp3) is 0.412. The van der Waals surface area contributed by atoms with Gasteiger partial charge < -0.3 is 14.8 Å². The summed E-state index contributed by atoms with van der Waals surface area (Å²) in [6.07, 6.45) is 0. The number of nitrogens with one attached hydrogen (secondary N) is 1. The van der Waals surface area contributed by atoms with Crippen molar-refractivity contribution in [3.8, 4) is 10.8 Å². The van der Waals surface area contributed by atoms with E-state index in [1.165, 1.54) is 10.4 Å². The van der Waals surface area contributed by atoms with Crippen LogP contribution < -0.4 is 14.8 Å². The molecule has 1 aliphatic rings. The topological polar surface area (TPSA) is 33.7 Å². The Morgan fingerprint density at radius 1 is 1.30 bits per heavy atom. The minimum Gasteiger partial charge on any atom is -0.496 e. The van der Waals surface area contributed by atoms with Gasteiger partial charge in [-0.15, -0.1) is 11.3 Å². The van der Waals surface area contributed by atoms with E-state index in [4.69, 9.17) is 9.47 Å². The molecule has 0 saturated carbocycles. The molecule has 0 amide bonds. The lowest BCUT2D eigenvalue weighted by atomic mass is 10.0. The fourth-order valence-electron chi connectivity index (χ4n) is 3.00. The van der Waals surface area contributed by atoms with Crippen molar-refractivity contribution in [2.75, 3.05) is 33.9 Å². The van der Waals surface area contributed by atoms with Crippen LogP contribution in [0, 0.1) is 0 Å². The van der Waals surface area contributed by atoms with Crippen LogP contribution in [-0.4, -0.2) is 38.8 Å². The number of thiophene rings is 1. The molecule has 2 heterocycles. The van der Waals surface area contributed by atoms with Crippen molar-refractivity contribution in [2.24, 2.45) is 0 Å². The van der Waals surface area contributed by atoms with Crippen LogP contribution in [-0.2, 0) is 6.54 Å². The van der Waals surface area contributed by atoms with E-state index >= 15 is 0 Å². The molecule has 1 fully saturated rings. The van der Waals surface area contributed by atoms with Crippen LogP contribution in [0.15, 0.2) is 34.8 Å². The zero-order valence-corrected chi connectivity index (χ0v) is 15.7. The maximum absolute atomic E-state index is 5.56. The maximum Gasteiger partial charge on any atom is 0.188 e. The van der Waals surface area contributed by atoms with Crippen molar-refractivity contribution in [2.45, 2.75) is 12.6 Å². The first-order valence-corrected chi connectivity index (χ1v) is 9.23. The summed E-state index contributed by atoms with van der Waals surface area (Å²) in [6, 6.07) is 10.8. The molecule has 6 heteroatoms. The van der Waals surface area contributed by atoms with Crippen molar-refractivity contribution in [1.29, 1.82) is 0 Å². The molecule has 3 rings (SSSR count). The van der Waals surface area contributed by atoms with Crippen molar-refractivity contribution < 1.29 is 9.47 Å². The third-order valence-electron chi connectivity index (χ3n) is 4.10. The van der Waals surface area contributed by atoms with Gasteiger partial charge in [-0.05, 0) is 28.1 Å². The Hall–Kier alpha value is -1.08. The lowest BCUT2D eigenvalue weighted by molar-refractivity contribution is 0.152. The zero-order chi connectivity index (χ0) is 16.2. The van der Waals surface area contributed by atoms with Gasteiger partial charge in [0.2, 0.25) is 0 Å². The third kappa shape index (κ3) is 3.71. The molecule has 4 nitrogen and oxygen atoms in total. The van der Waals surface area contributed by atoms with E-state index in [1.54, 1.807) is 25.6 Å². The highest BCUT2D eigenvalue weighted by Gasteiger charge is 2.26. The first kappa shape index (κ1) is 16.8. The normalized spacial score (nSPS) is 18.8. The Labute approximate surface area is 149 Å². The quantitative estimate of drug-likeness (QED) is 0.835. The van der Waals surface area contributed by atoms with E-state index in [0.717, 1.165) is 41.5 Å². The number of para-hydroxylation sites is 1. The zero-order valence-electron chi connectivity index (χ0n) is 13.3. The highest BCUT2D eigenvalue weighted by atomic mass is 79.9. The summed E-state index contributed by atoms with van der Waals surface area (Å²) in [5.41, 5.74) is 1.24. The second kappa shape index (κ2) is 7.66. The average Bonchev–Trinajstić information content (AvgIpc) is 2.95. The van der Waals surface area contributed by atoms with Crippen LogP contribution in [0.25, 0.3) is 0 Å². The lowest BCUT2D eigenvalue weighted by Gasteiger charge is -2.36. The predicted octanol–water partition coefficient (Wildman–Crippen LogP) is 3.67. The Balaban J connectivity index is 1.83. The minimum absolute atomic E-state index is 0.312. The van der Waals surface area contributed by atoms with E-state index in [0.29, 0.717) is 6.04 Å². The van der Waals surface area contributed by atoms with E-state index < -0.39 is 0 Å². The first-order chi connectivity index (χ1) is 11.2. The van der Waals surface area contributed by atoms with Gasteiger partial charge >= 0.3 is 0 Å². The summed E-state index contributed by atoms with van der Waals surface area (Å²) >= 11 is 5.26. The summed E-state index contributed by atoms with van der Waals surface area (Å²) in [6.45, 7) is 3.87. The van der Waals surface area contributed by atoms with E-state index in [9.17, 15) is 0 Å². The fourth-order valence-corrected chi connectivity index (χ4v) is 4.72. The summed E-state index contributed by atoms with van der Waals surface area (Å²) in [5.74, 6) is 0.955. The number of nitrogens with zero attached hydrogens (tertiary/aromatic N) is 1. The van der Waals surface area contributed by atoms with Crippen LogP contribution in [0.4, 0.5) is 0 Å². The average molecular weight is 397 g/mol. The monoisotopic (exact) mass is 396 g/mol. The Morgan fingerprint density at radius 3 is 2.87 bits per heavy atom. The highest BCUT2D eigenvalue weighted by Crippen LogP contribution is 2.37. The molecule has 124 valence electrons. The largest absolute Gasteiger partial charge is 0.496 e. The third-order valence-corrected chi connectivity index (χ3v) is 6.04. The number of benzene rings is 1. The molecule has 1 aromatic carbocycles. The van der Waals surface area contributed by atoms with E-state index in [2.05, 4.69) is 44.3 Å². The van der Waals surface area contributed by atoms with E-state index in [-0.39, 0.29) is 0 Å². The summed E-state index contributed by atoms with van der Waals surface area (Å²) in [4.78, 5) is 3.81. The summed E-state index contributed by atoms with van der Waals surface area (Å²) in [7, 11) is 3.45. The lowest BCUT2D eigenvalue weighted by Crippen LogP contribution is -2.45. The molecule has 2 aromatic rings. The number of methoxy groups -OCH3 is 2. The van der Waals surface area contributed by atoms with Gasteiger partial charge in [-0.25, -0.2) is 0 Å². The summed E-state index contributed by atoms with van der Waals surface area (Å²) < 4.78 is 12.0. The number of hydrogen-bond acceptors (Lipinski definition) is 5. The smallest absolute Gasteiger partial charge is 0.188 e. The second-order valence-corrected chi connectivity index (χ2v) is 7.44. The summed E-state index contributed by atoms with van der Waals surface area (Å²) in [5, 5.41) is 4.43. The Kier molecular flexibility index (Phi) is 5.58. The number of piperazine rings is 1. The van der Waals surface area contributed by atoms with Crippen molar-refractivity contribution in [3.05, 3.63) is 45.2 Å². The molecule has 1 unspecified atom stereocenters. The van der Waals surface area contributed by atoms with Gasteiger partial charge in [0.25, 0.3) is 0 Å².